The van der Waals surface area contributed by atoms with Gasteiger partial charge in [0, 0.05) is 10.4 Å². The first kappa shape index (κ1) is 15.5. The second kappa shape index (κ2) is 5.85. The second-order valence-electron chi connectivity index (χ2n) is 5.62. The molecule has 112 valence electrons. The van der Waals surface area contributed by atoms with Crippen LogP contribution in [0.2, 0.25) is 5.02 Å². The summed E-state index contributed by atoms with van der Waals surface area (Å²) >= 11 is 5.96. The molecule has 0 aliphatic rings. The highest BCUT2D eigenvalue weighted by Gasteiger charge is 2.24. The Balaban J connectivity index is 2.47. The number of benzene rings is 1. The smallest absolute Gasteiger partial charge is 0.337 e. The molecule has 1 aromatic carbocycles. The monoisotopic (exact) mass is 307 g/mol. The highest BCUT2D eigenvalue weighted by Crippen LogP contribution is 2.27. The van der Waals surface area contributed by atoms with E-state index in [9.17, 15) is 9.90 Å². The second-order valence-corrected chi connectivity index (χ2v) is 6.06. The van der Waals surface area contributed by atoms with Crippen LogP contribution in [0.3, 0.4) is 0 Å². The largest absolute Gasteiger partial charge is 0.478 e. The van der Waals surface area contributed by atoms with Gasteiger partial charge < -0.3 is 5.11 Å². The van der Waals surface area contributed by atoms with Crippen LogP contribution in [0, 0.1) is 0 Å². The normalized spacial score (nSPS) is 11.6. The van der Waals surface area contributed by atoms with Crippen LogP contribution in [0.4, 0.5) is 0 Å². The number of carbonyl (C=O) groups is 1. The Morgan fingerprint density at radius 3 is 2.76 bits per heavy atom. The Morgan fingerprint density at radius 2 is 2.14 bits per heavy atom. The summed E-state index contributed by atoms with van der Waals surface area (Å²) in [6.07, 6.45) is 3.70. The van der Waals surface area contributed by atoms with Crippen molar-refractivity contribution in [2.75, 3.05) is 0 Å². The SMILES string of the molecule is CCCC(C)(C)c1cnn(-c2cc(Cl)ccc2C(=O)O)n1. The Labute approximate surface area is 128 Å². The molecule has 0 aliphatic heterocycles. The quantitative estimate of drug-likeness (QED) is 0.914. The van der Waals surface area contributed by atoms with E-state index in [0.29, 0.717) is 10.7 Å². The summed E-state index contributed by atoms with van der Waals surface area (Å²) in [6, 6.07) is 4.56. The summed E-state index contributed by atoms with van der Waals surface area (Å²) in [6.45, 7) is 6.31. The summed E-state index contributed by atoms with van der Waals surface area (Å²) in [5, 5.41) is 18.3. The Hall–Kier alpha value is -1.88. The maximum Gasteiger partial charge on any atom is 0.337 e. The fourth-order valence-electron chi connectivity index (χ4n) is 2.29. The molecule has 0 unspecified atom stereocenters. The van der Waals surface area contributed by atoms with E-state index in [1.54, 1.807) is 18.3 Å². The van der Waals surface area contributed by atoms with Gasteiger partial charge >= 0.3 is 5.97 Å². The summed E-state index contributed by atoms with van der Waals surface area (Å²) < 4.78 is 0. The van der Waals surface area contributed by atoms with Gasteiger partial charge in [0.05, 0.1) is 17.5 Å². The van der Waals surface area contributed by atoms with Crippen molar-refractivity contribution in [3.63, 3.8) is 0 Å². The van der Waals surface area contributed by atoms with Crippen molar-refractivity contribution < 1.29 is 9.90 Å². The number of carboxylic acid groups (broad SMARTS) is 1. The van der Waals surface area contributed by atoms with Crippen LogP contribution >= 0.6 is 11.6 Å². The van der Waals surface area contributed by atoms with Gasteiger partial charge in [-0.3, -0.25) is 0 Å². The van der Waals surface area contributed by atoms with Crippen LogP contribution in [0.15, 0.2) is 24.4 Å². The lowest BCUT2D eigenvalue weighted by atomic mass is 9.85. The van der Waals surface area contributed by atoms with Gasteiger partial charge in [-0.2, -0.15) is 15.0 Å². The molecule has 1 aromatic heterocycles. The van der Waals surface area contributed by atoms with Crippen molar-refractivity contribution in [1.29, 1.82) is 0 Å². The molecule has 0 saturated heterocycles. The molecule has 0 amide bonds. The first-order valence-corrected chi connectivity index (χ1v) is 7.19. The number of hydrogen-bond acceptors (Lipinski definition) is 3. The predicted molar refractivity (Wildman–Crippen MR) is 81.3 cm³/mol. The zero-order valence-electron chi connectivity index (χ0n) is 12.3. The molecule has 21 heavy (non-hydrogen) atoms. The fraction of sp³-hybridized carbons (Fsp3) is 0.400. The van der Waals surface area contributed by atoms with Crippen molar-refractivity contribution in [3.05, 3.63) is 40.7 Å². The maximum atomic E-state index is 11.3. The number of hydrogen-bond donors (Lipinski definition) is 1. The highest BCUT2D eigenvalue weighted by atomic mass is 35.5. The molecule has 2 rings (SSSR count). The summed E-state index contributed by atoms with van der Waals surface area (Å²) in [5.41, 5.74) is 1.22. The third kappa shape index (κ3) is 3.24. The molecule has 0 bridgehead atoms. The molecule has 2 aromatic rings. The summed E-state index contributed by atoms with van der Waals surface area (Å²) in [5.74, 6) is -1.03. The van der Waals surface area contributed by atoms with E-state index in [1.807, 2.05) is 0 Å². The molecule has 1 heterocycles. The van der Waals surface area contributed by atoms with Crippen molar-refractivity contribution in [2.45, 2.75) is 39.0 Å². The number of nitrogens with zero attached hydrogens (tertiary/aromatic N) is 3. The van der Waals surface area contributed by atoms with Gasteiger partial charge in [0.1, 0.15) is 5.69 Å². The van der Waals surface area contributed by atoms with Crippen molar-refractivity contribution >= 4 is 17.6 Å². The van der Waals surface area contributed by atoms with Crippen LogP contribution in [-0.2, 0) is 5.41 Å². The number of rotatable bonds is 5. The zero-order valence-corrected chi connectivity index (χ0v) is 13.1. The molecule has 0 spiro atoms. The van der Waals surface area contributed by atoms with Gasteiger partial charge in [0.15, 0.2) is 0 Å². The standard InChI is InChI=1S/C15H18ClN3O2/c1-4-7-15(2,3)13-9-17-19(18-13)12-8-10(16)5-6-11(12)14(20)21/h5-6,8-9H,4,7H2,1-3H3,(H,20,21). The summed E-state index contributed by atoms with van der Waals surface area (Å²) in [4.78, 5) is 12.6. The molecule has 5 nitrogen and oxygen atoms in total. The number of halogens is 1. The minimum absolute atomic E-state index is 0.102. The van der Waals surface area contributed by atoms with Crippen molar-refractivity contribution in [2.24, 2.45) is 0 Å². The number of carboxylic acids is 1. The molecule has 0 aliphatic carbocycles. The molecular weight excluding hydrogens is 290 g/mol. The van der Waals surface area contributed by atoms with Crippen LogP contribution in [0.1, 0.15) is 49.7 Å². The van der Waals surface area contributed by atoms with Crippen molar-refractivity contribution in [3.8, 4) is 5.69 Å². The lowest BCUT2D eigenvalue weighted by Crippen LogP contribution is -2.18. The molecule has 0 radical (unpaired) electrons. The van der Waals surface area contributed by atoms with Crippen LogP contribution < -0.4 is 0 Å². The van der Waals surface area contributed by atoms with E-state index in [2.05, 4.69) is 31.0 Å². The maximum absolute atomic E-state index is 11.3. The third-order valence-corrected chi connectivity index (χ3v) is 3.70. The Bertz CT molecular complexity index is 665. The van der Waals surface area contributed by atoms with E-state index < -0.39 is 5.97 Å². The minimum atomic E-state index is -1.03. The number of aromatic nitrogens is 3. The van der Waals surface area contributed by atoms with Gasteiger partial charge in [0.25, 0.3) is 0 Å². The van der Waals surface area contributed by atoms with E-state index in [0.717, 1.165) is 18.5 Å². The first-order chi connectivity index (χ1) is 9.85. The molecule has 0 saturated carbocycles. The Kier molecular flexibility index (Phi) is 4.32. The van der Waals surface area contributed by atoms with Gasteiger partial charge in [-0.1, -0.05) is 38.8 Å². The molecule has 0 fully saturated rings. The zero-order chi connectivity index (χ0) is 15.6. The lowest BCUT2D eigenvalue weighted by molar-refractivity contribution is 0.0696. The van der Waals surface area contributed by atoms with Crippen LogP contribution in [0.5, 0.6) is 0 Å². The average molecular weight is 308 g/mol. The average Bonchev–Trinajstić information content (AvgIpc) is 2.88. The predicted octanol–water partition coefficient (Wildman–Crippen LogP) is 3.70. The minimum Gasteiger partial charge on any atom is -0.478 e. The van der Waals surface area contributed by atoms with Gasteiger partial charge in [-0.25, -0.2) is 4.79 Å². The molecule has 1 N–H and O–H groups in total. The van der Waals surface area contributed by atoms with E-state index in [1.165, 1.54) is 10.9 Å². The van der Waals surface area contributed by atoms with Crippen LogP contribution in [0.25, 0.3) is 5.69 Å². The Morgan fingerprint density at radius 1 is 1.43 bits per heavy atom. The first-order valence-electron chi connectivity index (χ1n) is 6.81. The van der Waals surface area contributed by atoms with Gasteiger partial charge in [-0.05, 0) is 24.6 Å². The highest BCUT2D eigenvalue weighted by molar-refractivity contribution is 6.30. The lowest BCUT2D eigenvalue weighted by Gasteiger charge is -2.20. The summed E-state index contributed by atoms with van der Waals surface area (Å²) in [7, 11) is 0. The van der Waals surface area contributed by atoms with Gasteiger partial charge in [0.2, 0.25) is 0 Å². The van der Waals surface area contributed by atoms with E-state index >= 15 is 0 Å². The molecule has 6 heteroatoms. The van der Waals surface area contributed by atoms with E-state index in [4.69, 9.17) is 11.6 Å². The fourth-order valence-corrected chi connectivity index (χ4v) is 2.46. The van der Waals surface area contributed by atoms with E-state index in [-0.39, 0.29) is 11.0 Å². The van der Waals surface area contributed by atoms with Crippen LogP contribution in [-0.4, -0.2) is 26.1 Å². The van der Waals surface area contributed by atoms with Gasteiger partial charge in [-0.15, -0.1) is 0 Å². The molecule has 0 atom stereocenters. The molecular formula is C15H18ClN3O2. The topological polar surface area (TPSA) is 68.0 Å². The number of aromatic carboxylic acids is 1. The van der Waals surface area contributed by atoms with Crippen molar-refractivity contribution in [1.82, 2.24) is 15.0 Å². The third-order valence-electron chi connectivity index (χ3n) is 3.47.